The molecule has 35 heavy (non-hydrogen) atoms. The molecular weight excluding hydrogens is 474 g/mol. The molecule has 0 saturated heterocycles. The number of rotatable bonds is 8. The Bertz CT molecular complexity index is 1540. The predicted molar refractivity (Wildman–Crippen MR) is 128 cm³/mol. The summed E-state index contributed by atoms with van der Waals surface area (Å²) in [4.78, 5) is 12.4. The van der Waals surface area contributed by atoms with Gasteiger partial charge in [-0.15, -0.1) is 0 Å². The highest BCUT2D eigenvalue weighted by atomic mass is 32.2. The van der Waals surface area contributed by atoms with Crippen molar-refractivity contribution < 1.29 is 17.9 Å². The first-order valence-corrected chi connectivity index (χ1v) is 11.9. The summed E-state index contributed by atoms with van der Waals surface area (Å²) in [5.74, 6) is 1.15. The van der Waals surface area contributed by atoms with Gasteiger partial charge in [0.2, 0.25) is 0 Å². The molecule has 2 heterocycles. The van der Waals surface area contributed by atoms with Crippen LogP contribution in [0.1, 0.15) is 11.1 Å². The average molecular weight is 500 g/mol. The maximum Gasteiger partial charge on any atom is 0.368 e. The van der Waals surface area contributed by atoms with Gasteiger partial charge in [0.25, 0.3) is 0 Å². The molecule has 0 radical (unpaired) electrons. The maximum absolute atomic E-state index is 12.4. The van der Waals surface area contributed by atoms with Gasteiger partial charge in [-0.1, -0.05) is 6.07 Å². The zero-order valence-electron chi connectivity index (χ0n) is 19.9. The van der Waals surface area contributed by atoms with E-state index in [1.54, 1.807) is 36.4 Å². The number of methoxy groups -OCH3 is 1. The van der Waals surface area contributed by atoms with Gasteiger partial charge in [-0.25, -0.2) is 4.79 Å². The first-order valence-electron chi connectivity index (χ1n) is 10.5. The highest BCUT2D eigenvalue weighted by Gasteiger charge is 2.19. The van der Waals surface area contributed by atoms with E-state index >= 15 is 0 Å². The molecule has 0 amide bonds. The van der Waals surface area contributed by atoms with E-state index in [0.29, 0.717) is 28.4 Å². The van der Waals surface area contributed by atoms with Gasteiger partial charge in [0.05, 0.1) is 24.1 Å². The van der Waals surface area contributed by atoms with E-state index < -0.39 is 15.9 Å². The Hall–Kier alpha value is -3.97. The standard InChI is InChI=1S/C22H25N7O5S/c1-15-13-16(18-11-12-28(23-18)35(31,32)26(2)3)9-10-20(15)34-14-17-19(7-6-8-21(17)33-5)29-22(30)27(4)24-25-29/h6-13H,14H2,1-5H3. The summed E-state index contributed by atoms with van der Waals surface area (Å²) in [6.45, 7) is 1.99. The van der Waals surface area contributed by atoms with Crippen molar-refractivity contribution in [3.63, 3.8) is 0 Å². The van der Waals surface area contributed by atoms with Gasteiger partial charge in [-0.05, 0) is 59.3 Å². The van der Waals surface area contributed by atoms with E-state index in [1.807, 2.05) is 13.0 Å². The molecular formula is C22H25N7O5S. The smallest absolute Gasteiger partial charge is 0.368 e. The molecule has 0 N–H and O–H groups in total. The van der Waals surface area contributed by atoms with Crippen molar-refractivity contribution in [2.75, 3.05) is 21.2 Å². The summed E-state index contributed by atoms with van der Waals surface area (Å²) in [6.07, 6.45) is 1.40. The van der Waals surface area contributed by atoms with E-state index in [2.05, 4.69) is 15.5 Å². The lowest BCUT2D eigenvalue weighted by atomic mass is 10.1. The molecule has 0 bridgehead atoms. The van der Waals surface area contributed by atoms with Gasteiger partial charge in [0.1, 0.15) is 18.1 Å². The quantitative estimate of drug-likeness (QED) is 0.356. The topological polar surface area (TPSA) is 126 Å². The summed E-state index contributed by atoms with van der Waals surface area (Å²) in [7, 11) is 2.26. The van der Waals surface area contributed by atoms with Crippen molar-refractivity contribution in [2.45, 2.75) is 13.5 Å². The van der Waals surface area contributed by atoms with Crippen molar-refractivity contribution >= 4 is 10.2 Å². The van der Waals surface area contributed by atoms with Crippen molar-refractivity contribution in [3.8, 4) is 28.4 Å². The van der Waals surface area contributed by atoms with Gasteiger partial charge >= 0.3 is 15.9 Å². The number of aryl methyl sites for hydroxylation is 2. The van der Waals surface area contributed by atoms with Crippen LogP contribution in [0, 0.1) is 6.92 Å². The lowest BCUT2D eigenvalue weighted by molar-refractivity contribution is 0.294. The highest BCUT2D eigenvalue weighted by molar-refractivity contribution is 7.87. The number of hydrogen-bond donors (Lipinski definition) is 0. The number of benzene rings is 2. The first-order chi connectivity index (χ1) is 16.6. The Morgan fingerprint density at radius 1 is 1.06 bits per heavy atom. The van der Waals surface area contributed by atoms with Gasteiger partial charge in [-0.3, -0.25) is 0 Å². The number of tetrazole rings is 1. The molecule has 184 valence electrons. The summed E-state index contributed by atoms with van der Waals surface area (Å²) >= 11 is 0. The second kappa shape index (κ2) is 9.35. The second-order valence-electron chi connectivity index (χ2n) is 7.89. The van der Waals surface area contributed by atoms with Crippen LogP contribution in [0.5, 0.6) is 11.5 Å². The fraction of sp³-hybridized carbons (Fsp3) is 0.273. The van der Waals surface area contributed by atoms with Crippen molar-refractivity contribution in [1.82, 2.24) is 33.3 Å². The SMILES string of the molecule is COc1cccc(-n2nnn(C)c2=O)c1COc1ccc(-c2ccn(S(=O)(=O)N(C)C)n2)cc1C. The molecule has 4 aromatic rings. The Kier molecular flexibility index (Phi) is 6.45. The van der Waals surface area contributed by atoms with Gasteiger partial charge in [0.15, 0.2) is 0 Å². The lowest BCUT2D eigenvalue weighted by Gasteiger charge is -2.15. The summed E-state index contributed by atoms with van der Waals surface area (Å²) in [5, 5.41) is 11.9. The highest BCUT2D eigenvalue weighted by Crippen LogP contribution is 2.29. The predicted octanol–water partition coefficient (Wildman–Crippen LogP) is 1.38. The second-order valence-corrected chi connectivity index (χ2v) is 9.89. The zero-order valence-corrected chi connectivity index (χ0v) is 20.7. The van der Waals surface area contributed by atoms with Gasteiger partial charge in [0, 0.05) is 32.9 Å². The van der Waals surface area contributed by atoms with E-state index in [-0.39, 0.29) is 6.61 Å². The minimum Gasteiger partial charge on any atom is -0.496 e. The maximum atomic E-state index is 12.4. The van der Waals surface area contributed by atoms with E-state index in [9.17, 15) is 13.2 Å². The Morgan fingerprint density at radius 3 is 2.46 bits per heavy atom. The molecule has 2 aromatic carbocycles. The van der Waals surface area contributed by atoms with Crippen molar-refractivity contribution in [1.29, 1.82) is 0 Å². The van der Waals surface area contributed by atoms with Crippen molar-refractivity contribution in [2.24, 2.45) is 7.05 Å². The molecule has 4 rings (SSSR count). The minimum absolute atomic E-state index is 0.109. The Morgan fingerprint density at radius 2 is 1.83 bits per heavy atom. The van der Waals surface area contributed by atoms with Crippen LogP contribution in [0.2, 0.25) is 0 Å². The normalized spacial score (nSPS) is 11.7. The van der Waals surface area contributed by atoms with Crippen LogP contribution in [0.3, 0.4) is 0 Å². The van der Waals surface area contributed by atoms with E-state index in [4.69, 9.17) is 9.47 Å². The van der Waals surface area contributed by atoms with Gasteiger partial charge < -0.3 is 9.47 Å². The average Bonchev–Trinajstić information content (AvgIpc) is 3.46. The van der Waals surface area contributed by atoms with E-state index in [0.717, 1.165) is 24.2 Å². The zero-order chi connectivity index (χ0) is 25.3. The third-order valence-electron chi connectivity index (χ3n) is 5.38. The summed E-state index contributed by atoms with van der Waals surface area (Å²) in [6, 6.07) is 12.4. The molecule has 0 atom stereocenters. The first kappa shape index (κ1) is 24.2. The molecule has 0 fully saturated rings. The summed E-state index contributed by atoms with van der Waals surface area (Å²) < 4.78 is 40.5. The molecule has 0 aliphatic rings. The monoisotopic (exact) mass is 499 g/mol. The molecule has 0 aliphatic heterocycles. The van der Waals surface area contributed by atoms with Gasteiger partial charge in [-0.2, -0.15) is 31.3 Å². The Labute approximate surface area is 202 Å². The van der Waals surface area contributed by atoms with Crippen LogP contribution in [0.25, 0.3) is 16.9 Å². The van der Waals surface area contributed by atoms with Crippen molar-refractivity contribution in [3.05, 3.63) is 70.3 Å². The molecule has 0 spiro atoms. The third kappa shape index (κ3) is 4.55. The molecule has 0 saturated carbocycles. The number of ether oxygens (including phenoxy) is 2. The fourth-order valence-electron chi connectivity index (χ4n) is 3.43. The van der Waals surface area contributed by atoms with Crippen LogP contribution in [0.4, 0.5) is 0 Å². The Balaban J connectivity index is 1.60. The molecule has 0 aliphatic carbocycles. The van der Waals surface area contributed by atoms with Crippen LogP contribution >= 0.6 is 0 Å². The third-order valence-corrected chi connectivity index (χ3v) is 6.98. The van der Waals surface area contributed by atoms with Crippen LogP contribution in [-0.4, -0.2) is 62.9 Å². The van der Waals surface area contributed by atoms with Crippen LogP contribution in [-0.2, 0) is 23.9 Å². The summed E-state index contributed by atoms with van der Waals surface area (Å²) in [5.41, 5.74) is 2.82. The fourth-order valence-corrected chi connectivity index (χ4v) is 4.17. The minimum atomic E-state index is -3.69. The van der Waals surface area contributed by atoms with E-state index in [1.165, 1.54) is 39.1 Å². The van der Waals surface area contributed by atoms with Crippen LogP contribution < -0.4 is 15.2 Å². The molecule has 2 aromatic heterocycles. The number of hydrogen-bond acceptors (Lipinski definition) is 8. The molecule has 13 heteroatoms. The largest absolute Gasteiger partial charge is 0.496 e. The number of nitrogens with zero attached hydrogens (tertiary/aromatic N) is 7. The van der Waals surface area contributed by atoms with Crippen LogP contribution in [0.15, 0.2) is 53.5 Å². The molecule has 0 unspecified atom stereocenters. The number of aromatic nitrogens is 6. The molecule has 12 nitrogen and oxygen atoms in total. The lowest BCUT2D eigenvalue weighted by Crippen LogP contribution is -2.29.